The molecule has 0 unspecified atom stereocenters. The monoisotopic (exact) mass is 346 g/mol. The maximum atomic E-state index is 11.0. The van der Waals surface area contributed by atoms with Gasteiger partial charge in [0.2, 0.25) is 0 Å². The molecule has 1 saturated carbocycles. The standard InChI is InChI=1S/C16H15BrN2O2/c17-13-5-3-4-11(8-13)12-9-14(10-12)18-15-6-1-2-7-16(15)19(20)21/h1-8,12,14,18H,9-10H2. The van der Waals surface area contributed by atoms with Gasteiger partial charge >= 0.3 is 0 Å². The SMILES string of the molecule is O=[N+]([O-])c1ccccc1NC1CC(c2cccc(Br)c2)C1. The van der Waals surface area contributed by atoms with Crippen molar-refractivity contribution in [3.63, 3.8) is 0 Å². The van der Waals surface area contributed by atoms with Crippen LogP contribution in [-0.2, 0) is 0 Å². The van der Waals surface area contributed by atoms with Crippen LogP contribution in [0, 0.1) is 10.1 Å². The van der Waals surface area contributed by atoms with Gasteiger partial charge in [-0.2, -0.15) is 0 Å². The van der Waals surface area contributed by atoms with Gasteiger partial charge in [-0.15, -0.1) is 0 Å². The molecule has 2 aromatic rings. The predicted molar refractivity (Wildman–Crippen MR) is 86.6 cm³/mol. The number of halogens is 1. The normalized spacial score (nSPS) is 20.6. The molecule has 0 radical (unpaired) electrons. The smallest absolute Gasteiger partial charge is 0.292 e. The Morgan fingerprint density at radius 1 is 1.14 bits per heavy atom. The van der Waals surface area contributed by atoms with E-state index in [9.17, 15) is 10.1 Å². The van der Waals surface area contributed by atoms with Gasteiger partial charge in [-0.3, -0.25) is 10.1 Å². The Balaban J connectivity index is 1.64. The molecule has 1 aliphatic carbocycles. The number of para-hydroxylation sites is 2. The Morgan fingerprint density at radius 2 is 1.90 bits per heavy atom. The van der Waals surface area contributed by atoms with Crippen molar-refractivity contribution in [3.05, 3.63) is 68.7 Å². The molecule has 0 amide bonds. The Morgan fingerprint density at radius 3 is 2.62 bits per heavy atom. The maximum Gasteiger partial charge on any atom is 0.292 e. The molecule has 1 fully saturated rings. The molecule has 1 aliphatic rings. The molecule has 108 valence electrons. The van der Waals surface area contributed by atoms with Crippen LogP contribution in [0.2, 0.25) is 0 Å². The summed E-state index contributed by atoms with van der Waals surface area (Å²) < 4.78 is 1.09. The molecule has 0 aromatic heterocycles. The maximum absolute atomic E-state index is 11.0. The fourth-order valence-electron chi connectivity index (χ4n) is 2.74. The summed E-state index contributed by atoms with van der Waals surface area (Å²) in [5, 5.41) is 14.3. The van der Waals surface area contributed by atoms with Gasteiger partial charge < -0.3 is 5.32 Å². The van der Waals surface area contributed by atoms with E-state index in [0.29, 0.717) is 17.6 Å². The van der Waals surface area contributed by atoms with E-state index in [2.05, 4.69) is 33.4 Å². The quantitative estimate of drug-likeness (QED) is 0.643. The number of hydrogen-bond acceptors (Lipinski definition) is 3. The highest BCUT2D eigenvalue weighted by Gasteiger charge is 2.31. The second-order valence-corrected chi connectivity index (χ2v) is 6.25. The summed E-state index contributed by atoms with van der Waals surface area (Å²) in [6.45, 7) is 0. The van der Waals surface area contributed by atoms with E-state index in [0.717, 1.165) is 17.3 Å². The molecule has 4 nitrogen and oxygen atoms in total. The number of rotatable bonds is 4. The first-order valence-corrected chi connectivity index (χ1v) is 7.68. The van der Waals surface area contributed by atoms with Gasteiger partial charge in [-0.1, -0.05) is 40.2 Å². The van der Waals surface area contributed by atoms with Gasteiger partial charge in [0.05, 0.1) is 4.92 Å². The molecule has 3 rings (SSSR count). The van der Waals surface area contributed by atoms with Crippen molar-refractivity contribution in [1.29, 1.82) is 0 Å². The van der Waals surface area contributed by atoms with Crippen LogP contribution in [0.25, 0.3) is 0 Å². The van der Waals surface area contributed by atoms with E-state index in [1.807, 2.05) is 18.2 Å². The molecule has 21 heavy (non-hydrogen) atoms. The Bertz CT molecular complexity index is 669. The lowest BCUT2D eigenvalue weighted by atomic mass is 9.76. The Hall–Kier alpha value is -1.88. The molecular formula is C16H15BrN2O2. The van der Waals surface area contributed by atoms with Crippen LogP contribution < -0.4 is 5.32 Å². The molecule has 0 heterocycles. The molecule has 0 aliphatic heterocycles. The van der Waals surface area contributed by atoms with Crippen LogP contribution >= 0.6 is 15.9 Å². The molecular weight excluding hydrogens is 332 g/mol. The number of nitro benzene ring substituents is 1. The van der Waals surface area contributed by atoms with Crippen LogP contribution in [-0.4, -0.2) is 11.0 Å². The zero-order valence-electron chi connectivity index (χ0n) is 11.3. The zero-order chi connectivity index (χ0) is 14.8. The predicted octanol–water partition coefficient (Wildman–Crippen LogP) is 4.72. The lowest BCUT2D eigenvalue weighted by Crippen LogP contribution is -2.34. The van der Waals surface area contributed by atoms with Gasteiger partial charge in [0, 0.05) is 16.6 Å². The molecule has 5 heteroatoms. The lowest BCUT2D eigenvalue weighted by Gasteiger charge is -2.36. The van der Waals surface area contributed by atoms with Crippen LogP contribution in [0.5, 0.6) is 0 Å². The number of hydrogen-bond donors (Lipinski definition) is 1. The first-order valence-electron chi connectivity index (χ1n) is 6.89. The van der Waals surface area contributed by atoms with Crippen molar-refractivity contribution in [1.82, 2.24) is 0 Å². The summed E-state index contributed by atoms with van der Waals surface area (Å²) in [7, 11) is 0. The number of anilines is 1. The second kappa shape index (κ2) is 5.85. The summed E-state index contributed by atoms with van der Waals surface area (Å²) in [5.41, 5.74) is 2.08. The van der Waals surface area contributed by atoms with E-state index in [1.54, 1.807) is 12.1 Å². The second-order valence-electron chi connectivity index (χ2n) is 5.34. The number of nitrogens with one attached hydrogen (secondary N) is 1. The van der Waals surface area contributed by atoms with Crippen molar-refractivity contribution in [3.8, 4) is 0 Å². The Labute approximate surface area is 131 Å². The van der Waals surface area contributed by atoms with Crippen LogP contribution in [0.15, 0.2) is 53.0 Å². The van der Waals surface area contributed by atoms with Gasteiger partial charge in [-0.05, 0) is 42.5 Å². The van der Waals surface area contributed by atoms with Crippen molar-refractivity contribution in [2.24, 2.45) is 0 Å². The summed E-state index contributed by atoms with van der Waals surface area (Å²) in [6.07, 6.45) is 2.00. The van der Waals surface area contributed by atoms with Crippen LogP contribution in [0.3, 0.4) is 0 Å². The van der Waals surface area contributed by atoms with E-state index >= 15 is 0 Å². The topological polar surface area (TPSA) is 55.2 Å². The fraction of sp³-hybridized carbons (Fsp3) is 0.250. The first-order chi connectivity index (χ1) is 10.1. The number of benzene rings is 2. The van der Waals surface area contributed by atoms with E-state index in [-0.39, 0.29) is 10.6 Å². The van der Waals surface area contributed by atoms with Crippen LogP contribution in [0.1, 0.15) is 24.3 Å². The Kier molecular flexibility index (Phi) is 3.92. The van der Waals surface area contributed by atoms with E-state index in [4.69, 9.17) is 0 Å². The van der Waals surface area contributed by atoms with Gasteiger partial charge in [-0.25, -0.2) is 0 Å². The van der Waals surface area contributed by atoms with Gasteiger partial charge in [0.1, 0.15) is 5.69 Å². The molecule has 0 bridgehead atoms. The molecule has 0 spiro atoms. The third-order valence-corrected chi connectivity index (χ3v) is 4.41. The zero-order valence-corrected chi connectivity index (χ0v) is 12.9. The average Bonchev–Trinajstić information content (AvgIpc) is 2.42. The molecule has 1 N–H and O–H groups in total. The number of nitrogens with zero attached hydrogens (tertiary/aromatic N) is 1. The van der Waals surface area contributed by atoms with Gasteiger partial charge in [0.15, 0.2) is 0 Å². The fourth-order valence-corrected chi connectivity index (χ4v) is 3.16. The van der Waals surface area contributed by atoms with Crippen molar-refractivity contribution < 1.29 is 4.92 Å². The lowest BCUT2D eigenvalue weighted by molar-refractivity contribution is -0.384. The third-order valence-electron chi connectivity index (χ3n) is 3.92. The summed E-state index contributed by atoms with van der Waals surface area (Å²) >= 11 is 3.49. The van der Waals surface area contributed by atoms with Crippen molar-refractivity contribution in [2.75, 3.05) is 5.32 Å². The summed E-state index contributed by atoms with van der Waals surface area (Å²) in [5.74, 6) is 0.530. The summed E-state index contributed by atoms with van der Waals surface area (Å²) in [4.78, 5) is 10.7. The number of nitro groups is 1. The van der Waals surface area contributed by atoms with Crippen molar-refractivity contribution in [2.45, 2.75) is 24.8 Å². The minimum absolute atomic E-state index is 0.142. The highest BCUT2D eigenvalue weighted by Crippen LogP contribution is 2.40. The molecule has 0 atom stereocenters. The van der Waals surface area contributed by atoms with Crippen molar-refractivity contribution >= 4 is 27.3 Å². The van der Waals surface area contributed by atoms with E-state index in [1.165, 1.54) is 11.6 Å². The largest absolute Gasteiger partial charge is 0.377 e. The minimum Gasteiger partial charge on any atom is -0.377 e. The van der Waals surface area contributed by atoms with Gasteiger partial charge in [0.25, 0.3) is 5.69 Å². The first kappa shape index (κ1) is 14.1. The average molecular weight is 347 g/mol. The molecule has 2 aromatic carbocycles. The highest BCUT2D eigenvalue weighted by molar-refractivity contribution is 9.10. The van der Waals surface area contributed by atoms with E-state index < -0.39 is 0 Å². The summed E-state index contributed by atoms with van der Waals surface area (Å²) in [6, 6.07) is 15.5. The minimum atomic E-state index is -0.340. The van der Waals surface area contributed by atoms with Crippen LogP contribution in [0.4, 0.5) is 11.4 Å². The highest BCUT2D eigenvalue weighted by atomic mass is 79.9. The third kappa shape index (κ3) is 3.08. The molecule has 0 saturated heterocycles.